The fraction of sp³-hybridized carbons (Fsp3) is 0.0357. The number of carbonyl (C=O) groups excluding carboxylic acids is 2. The third-order valence-corrected chi connectivity index (χ3v) is 4.74. The SMILES string of the molecule is O=C(COc1ccc(-c2ccccc2)cc1)N/N=C\c1cccc(OC(=O)/C=C/c2ccco2)c1. The molecule has 0 aliphatic rings. The molecule has 0 atom stereocenters. The summed E-state index contributed by atoms with van der Waals surface area (Å²) in [5, 5.41) is 3.93. The van der Waals surface area contributed by atoms with Crippen molar-refractivity contribution in [2.45, 2.75) is 0 Å². The smallest absolute Gasteiger partial charge is 0.336 e. The van der Waals surface area contributed by atoms with Gasteiger partial charge in [-0.2, -0.15) is 5.10 Å². The van der Waals surface area contributed by atoms with Crippen LogP contribution in [0.2, 0.25) is 0 Å². The molecular formula is C28H22N2O5. The van der Waals surface area contributed by atoms with E-state index in [-0.39, 0.29) is 6.61 Å². The molecule has 7 heteroatoms. The van der Waals surface area contributed by atoms with E-state index in [0.29, 0.717) is 22.8 Å². The van der Waals surface area contributed by atoms with Crippen molar-refractivity contribution < 1.29 is 23.5 Å². The Kier molecular flexibility index (Phi) is 7.85. The highest BCUT2D eigenvalue weighted by atomic mass is 16.5. The van der Waals surface area contributed by atoms with Gasteiger partial charge in [-0.25, -0.2) is 10.2 Å². The van der Waals surface area contributed by atoms with Crippen molar-refractivity contribution in [1.29, 1.82) is 0 Å². The van der Waals surface area contributed by atoms with Crippen LogP contribution in [-0.2, 0) is 9.59 Å². The first kappa shape index (κ1) is 23.3. The molecule has 4 aromatic rings. The Labute approximate surface area is 202 Å². The maximum atomic E-state index is 12.0. The van der Waals surface area contributed by atoms with E-state index in [1.54, 1.807) is 36.4 Å². The zero-order valence-electron chi connectivity index (χ0n) is 18.7. The number of esters is 1. The molecule has 1 aromatic heterocycles. The zero-order chi connectivity index (χ0) is 24.3. The lowest BCUT2D eigenvalue weighted by atomic mass is 10.1. The lowest BCUT2D eigenvalue weighted by Crippen LogP contribution is -2.24. The number of carbonyl (C=O) groups is 2. The van der Waals surface area contributed by atoms with Crippen LogP contribution in [0.1, 0.15) is 11.3 Å². The number of amides is 1. The summed E-state index contributed by atoms with van der Waals surface area (Å²) in [6.07, 6.45) is 5.75. The number of nitrogens with zero attached hydrogens (tertiary/aromatic N) is 1. The summed E-state index contributed by atoms with van der Waals surface area (Å²) in [7, 11) is 0. The highest BCUT2D eigenvalue weighted by molar-refractivity contribution is 5.89. The van der Waals surface area contributed by atoms with Gasteiger partial charge in [0.1, 0.15) is 17.3 Å². The van der Waals surface area contributed by atoms with Crippen LogP contribution in [0.5, 0.6) is 11.5 Å². The van der Waals surface area contributed by atoms with E-state index < -0.39 is 11.9 Å². The molecule has 35 heavy (non-hydrogen) atoms. The molecule has 0 spiro atoms. The Balaban J connectivity index is 1.23. The van der Waals surface area contributed by atoms with Crippen molar-refractivity contribution in [3.05, 3.63) is 115 Å². The van der Waals surface area contributed by atoms with Crippen molar-refractivity contribution in [1.82, 2.24) is 5.43 Å². The van der Waals surface area contributed by atoms with E-state index in [2.05, 4.69) is 10.5 Å². The van der Waals surface area contributed by atoms with Gasteiger partial charge < -0.3 is 13.9 Å². The van der Waals surface area contributed by atoms with Crippen molar-refractivity contribution >= 4 is 24.2 Å². The van der Waals surface area contributed by atoms with E-state index in [1.807, 2.05) is 54.6 Å². The number of hydrogen-bond acceptors (Lipinski definition) is 6. The van der Waals surface area contributed by atoms with Crippen molar-refractivity contribution in [3.63, 3.8) is 0 Å². The molecule has 0 unspecified atom stereocenters. The highest BCUT2D eigenvalue weighted by Gasteiger charge is 2.04. The number of benzene rings is 3. The Morgan fingerprint density at radius 3 is 2.43 bits per heavy atom. The van der Waals surface area contributed by atoms with Gasteiger partial charge in [0.2, 0.25) is 0 Å². The molecule has 0 aliphatic carbocycles. The molecule has 0 saturated carbocycles. The van der Waals surface area contributed by atoms with Crippen LogP contribution in [0.4, 0.5) is 0 Å². The predicted octanol–water partition coefficient (Wildman–Crippen LogP) is 5.09. The van der Waals surface area contributed by atoms with Crippen molar-refractivity contribution in [2.24, 2.45) is 5.10 Å². The fourth-order valence-corrected chi connectivity index (χ4v) is 3.08. The summed E-state index contributed by atoms with van der Waals surface area (Å²) in [6, 6.07) is 27.7. The molecule has 0 saturated heterocycles. The minimum absolute atomic E-state index is 0.179. The zero-order valence-corrected chi connectivity index (χ0v) is 18.7. The van der Waals surface area contributed by atoms with Crippen LogP contribution < -0.4 is 14.9 Å². The molecule has 4 rings (SSSR count). The molecule has 1 amide bonds. The number of rotatable bonds is 9. The van der Waals surface area contributed by atoms with Crippen LogP contribution >= 0.6 is 0 Å². The Bertz CT molecular complexity index is 1310. The first-order chi connectivity index (χ1) is 17.2. The van der Waals surface area contributed by atoms with Crippen LogP contribution in [-0.4, -0.2) is 24.7 Å². The molecule has 174 valence electrons. The molecule has 1 heterocycles. The minimum atomic E-state index is -0.544. The molecule has 0 fully saturated rings. The van der Waals surface area contributed by atoms with Crippen LogP contribution in [0.3, 0.4) is 0 Å². The van der Waals surface area contributed by atoms with Gasteiger partial charge >= 0.3 is 5.97 Å². The first-order valence-corrected chi connectivity index (χ1v) is 10.8. The van der Waals surface area contributed by atoms with E-state index in [0.717, 1.165) is 11.1 Å². The van der Waals surface area contributed by atoms with Crippen LogP contribution in [0.15, 0.2) is 113 Å². The topological polar surface area (TPSA) is 90.1 Å². The van der Waals surface area contributed by atoms with Gasteiger partial charge in [0.05, 0.1) is 12.5 Å². The Morgan fingerprint density at radius 1 is 0.857 bits per heavy atom. The maximum absolute atomic E-state index is 12.0. The molecule has 0 radical (unpaired) electrons. The third kappa shape index (κ3) is 7.30. The quantitative estimate of drug-likeness (QED) is 0.122. The second-order valence-corrected chi connectivity index (χ2v) is 7.31. The van der Waals surface area contributed by atoms with E-state index in [9.17, 15) is 9.59 Å². The van der Waals surface area contributed by atoms with Gasteiger partial charge in [-0.1, -0.05) is 54.6 Å². The van der Waals surface area contributed by atoms with Crippen LogP contribution in [0, 0.1) is 0 Å². The van der Waals surface area contributed by atoms with E-state index >= 15 is 0 Å². The molecule has 3 aromatic carbocycles. The monoisotopic (exact) mass is 466 g/mol. The second kappa shape index (κ2) is 11.8. The standard InChI is InChI=1S/C28H22N2O5/c31-27(20-34-25-13-11-23(12-14-25)22-7-2-1-3-8-22)30-29-19-21-6-4-9-26(18-21)35-28(32)16-15-24-10-5-17-33-24/h1-19H,20H2,(H,30,31)/b16-15+,29-19-. The molecule has 7 nitrogen and oxygen atoms in total. The average molecular weight is 466 g/mol. The van der Waals surface area contributed by atoms with Crippen molar-refractivity contribution in [3.8, 4) is 22.6 Å². The molecule has 1 N–H and O–H groups in total. The minimum Gasteiger partial charge on any atom is -0.484 e. The summed E-state index contributed by atoms with van der Waals surface area (Å²) < 4.78 is 15.9. The number of hydrogen-bond donors (Lipinski definition) is 1. The largest absolute Gasteiger partial charge is 0.484 e. The van der Waals surface area contributed by atoms with Crippen LogP contribution in [0.25, 0.3) is 17.2 Å². The highest BCUT2D eigenvalue weighted by Crippen LogP contribution is 2.22. The van der Waals surface area contributed by atoms with E-state index in [4.69, 9.17) is 13.9 Å². The van der Waals surface area contributed by atoms with Gasteiger partial charge in [-0.05, 0) is 59.2 Å². The average Bonchev–Trinajstić information content (AvgIpc) is 3.41. The lowest BCUT2D eigenvalue weighted by molar-refractivity contribution is -0.129. The molecule has 0 bridgehead atoms. The van der Waals surface area contributed by atoms with Gasteiger partial charge in [0, 0.05) is 6.08 Å². The summed E-state index contributed by atoms with van der Waals surface area (Å²) in [6.45, 7) is -0.179. The number of furan rings is 1. The molecular weight excluding hydrogens is 444 g/mol. The Hall–Kier alpha value is -4.91. The van der Waals surface area contributed by atoms with Gasteiger partial charge in [0.25, 0.3) is 5.91 Å². The molecule has 0 aliphatic heterocycles. The summed E-state index contributed by atoms with van der Waals surface area (Å²) in [5.41, 5.74) is 5.22. The maximum Gasteiger partial charge on any atom is 0.336 e. The van der Waals surface area contributed by atoms with Gasteiger partial charge in [0.15, 0.2) is 6.61 Å². The summed E-state index contributed by atoms with van der Waals surface area (Å²) >= 11 is 0. The summed E-state index contributed by atoms with van der Waals surface area (Å²) in [5.74, 6) is 0.527. The lowest BCUT2D eigenvalue weighted by Gasteiger charge is -2.07. The Morgan fingerprint density at radius 2 is 1.66 bits per heavy atom. The first-order valence-electron chi connectivity index (χ1n) is 10.8. The third-order valence-electron chi connectivity index (χ3n) is 4.74. The normalized spacial score (nSPS) is 11.0. The van der Waals surface area contributed by atoms with Gasteiger partial charge in [-0.15, -0.1) is 0 Å². The van der Waals surface area contributed by atoms with Crippen molar-refractivity contribution in [2.75, 3.05) is 6.61 Å². The van der Waals surface area contributed by atoms with E-state index in [1.165, 1.54) is 24.6 Å². The number of ether oxygens (including phenoxy) is 2. The summed E-state index contributed by atoms with van der Waals surface area (Å²) in [4.78, 5) is 24.0. The van der Waals surface area contributed by atoms with Gasteiger partial charge in [-0.3, -0.25) is 4.79 Å². The number of hydrazone groups is 1. The number of nitrogens with one attached hydrogen (secondary N) is 1. The predicted molar refractivity (Wildman–Crippen MR) is 133 cm³/mol. The second-order valence-electron chi connectivity index (χ2n) is 7.31. The fourth-order valence-electron chi connectivity index (χ4n) is 3.08.